The average molecular weight is 254 g/mol. The van der Waals surface area contributed by atoms with Gasteiger partial charge in [0.05, 0.1) is 0 Å². The molecule has 76 valence electrons. The van der Waals surface area contributed by atoms with Gasteiger partial charge in [-0.3, -0.25) is 0 Å². The molecular weight excluding hydrogens is 238 g/mol. The van der Waals surface area contributed by atoms with E-state index in [2.05, 4.69) is 41.1 Å². The molecule has 2 unspecified atom stereocenters. The summed E-state index contributed by atoms with van der Waals surface area (Å²) in [5, 5.41) is 0. The molecule has 14 heavy (non-hydrogen) atoms. The van der Waals surface area contributed by atoms with Gasteiger partial charge in [0, 0.05) is 10.5 Å². The van der Waals surface area contributed by atoms with Gasteiger partial charge >= 0.3 is 0 Å². The molecule has 1 saturated carbocycles. The van der Waals surface area contributed by atoms with Crippen LogP contribution in [0.5, 0.6) is 0 Å². The Labute approximate surface area is 93.8 Å². The van der Waals surface area contributed by atoms with Crippen molar-refractivity contribution in [2.45, 2.75) is 38.1 Å². The number of benzene rings is 1. The maximum Gasteiger partial charge on any atom is 0.0178 e. The van der Waals surface area contributed by atoms with Crippen LogP contribution >= 0.6 is 15.9 Å². The summed E-state index contributed by atoms with van der Waals surface area (Å²) in [5.41, 5.74) is 8.91. The Balaban J connectivity index is 2.31. The molecule has 2 atom stereocenters. The molecule has 0 aromatic heterocycles. The predicted molar refractivity (Wildman–Crippen MR) is 63.4 cm³/mol. The summed E-state index contributed by atoms with van der Waals surface area (Å²) in [5.74, 6) is 0.586. The highest BCUT2D eigenvalue weighted by Gasteiger charge is 2.26. The first-order chi connectivity index (χ1) is 6.68. The monoisotopic (exact) mass is 253 g/mol. The molecule has 0 heterocycles. The Hall–Kier alpha value is -0.340. The van der Waals surface area contributed by atoms with Crippen LogP contribution in [0.4, 0.5) is 0 Å². The molecule has 0 spiro atoms. The van der Waals surface area contributed by atoms with Crippen LogP contribution in [0.2, 0.25) is 0 Å². The van der Waals surface area contributed by atoms with Crippen molar-refractivity contribution >= 4 is 15.9 Å². The van der Waals surface area contributed by atoms with Gasteiger partial charge in [-0.1, -0.05) is 28.4 Å². The Morgan fingerprint density at radius 2 is 2.14 bits per heavy atom. The van der Waals surface area contributed by atoms with Crippen molar-refractivity contribution in [2.75, 3.05) is 0 Å². The normalized spacial score (nSPS) is 26.8. The Morgan fingerprint density at radius 3 is 2.71 bits per heavy atom. The molecule has 2 N–H and O–H groups in total. The predicted octanol–water partition coefficient (Wildman–Crippen LogP) is 3.35. The average Bonchev–Trinajstić information content (AvgIpc) is 2.52. The van der Waals surface area contributed by atoms with Gasteiger partial charge in [-0.05, 0) is 48.9 Å². The summed E-state index contributed by atoms with van der Waals surface area (Å²) in [7, 11) is 0. The first-order valence-corrected chi connectivity index (χ1v) is 5.99. The number of rotatable bonds is 1. The van der Waals surface area contributed by atoms with Crippen LogP contribution in [0.3, 0.4) is 0 Å². The van der Waals surface area contributed by atoms with Gasteiger partial charge in [0.1, 0.15) is 0 Å². The van der Waals surface area contributed by atoms with Crippen molar-refractivity contribution in [1.29, 1.82) is 0 Å². The van der Waals surface area contributed by atoms with E-state index in [9.17, 15) is 0 Å². The molecular formula is C12H16BrN. The Kier molecular flexibility index (Phi) is 2.93. The van der Waals surface area contributed by atoms with E-state index in [1.54, 1.807) is 0 Å². The lowest BCUT2D eigenvalue weighted by molar-refractivity contribution is 0.610. The summed E-state index contributed by atoms with van der Waals surface area (Å²) in [6.07, 6.45) is 3.71. The van der Waals surface area contributed by atoms with E-state index < -0.39 is 0 Å². The van der Waals surface area contributed by atoms with E-state index in [1.165, 1.54) is 30.4 Å². The fourth-order valence-corrected chi connectivity index (χ4v) is 2.91. The first-order valence-electron chi connectivity index (χ1n) is 5.20. The molecule has 0 saturated heterocycles. The zero-order valence-corrected chi connectivity index (χ0v) is 10.0. The summed E-state index contributed by atoms with van der Waals surface area (Å²) in [6.45, 7) is 2.17. The van der Waals surface area contributed by atoms with E-state index in [1.807, 2.05) is 0 Å². The third-order valence-electron chi connectivity index (χ3n) is 3.20. The lowest BCUT2D eigenvalue weighted by atomic mass is 9.91. The fourth-order valence-electron chi connectivity index (χ4n) is 2.43. The number of hydrogen-bond acceptors (Lipinski definition) is 1. The summed E-state index contributed by atoms with van der Waals surface area (Å²) >= 11 is 3.49. The summed E-state index contributed by atoms with van der Waals surface area (Å²) in [4.78, 5) is 0. The molecule has 1 fully saturated rings. The van der Waals surface area contributed by atoms with E-state index in [-0.39, 0.29) is 0 Å². The quantitative estimate of drug-likeness (QED) is 0.817. The van der Waals surface area contributed by atoms with Gasteiger partial charge < -0.3 is 5.73 Å². The number of hydrogen-bond donors (Lipinski definition) is 1. The molecule has 0 amide bonds. The molecule has 1 aliphatic rings. The largest absolute Gasteiger partial charge is 0.327 e. The van der Waals surface area contributed by atoms with E-state index >= 15 is 0 Å². The van der Waals surface area contributed by atoms with Gasteiger partial charge in [0.25, 0.3) is 0 Å². The van der Waals surface area contributed by atoms with E-state index in [4.69, 9.17) is 5.73 Å². The van der Waals surface area contributed by atoms with Crippen molar-refractivity contribution in [1.82, 2.24) is 0 Å². The number of aryl methyl sites for hydroxylation is 1. The SMILES string of the molecule is Cc1cc(Br)ccc1C1CCCC1N. The number of halogens is 1. The second-order valence-electron chi connectivity index (χ2n) is 4.20. The second kappa shape index (κ2) is 4.03. The van der Waals surface area contributed by atoms with Crippen LogP contribution in [0.15, 0.2) is 22.7 Å². The van der Waals surface area contributed by atoms with Crippen molar-refractivity contribution < 1.29 is 0 Å². The first kappa shape index (κ1) is 10.2. The maximum atomic E-state index is 6.11. The highest BCUT2D eigenvalue weighted by atomic mass is 79.9. The van der Waals surface area contributed by atoms with Gasteiger partial charge in [0.2, 0.25) is 0 Å². The molecule has 0 bridgehead atoms. The molecule has 1 aromatic carbocycles. The number of nitrogens with two attached hydrogens (primary N) is 1. The molecule has 0 radical (unpaired) electrons. The van der Waals surface area contributed by atoms with E-state index in [0.717, 1.165) is 4.47 Å². The van der Waals surface area contributed by atoms with Crippen molar-refractivity contribution in [2.24, 2.45) is 5.73 Å². The zero-order chi connectivity index (χ0) is 10.1. The van der Waals surface area contributed by atoms with Gasteiger partial charge in [-0.15, -0.1) is 0 Å². The van der Waals surface area contributed by atoms with Crippen molar-refractivity contribution in [3.63, 3.8) is 0 Å². The minimum absolute atomic E-state index is 0.370. The minimum atomic E-state index is 0.370. The second-order valence-corrected chi connectivity index (χ2v) is 5.12. The summed E-state index contributed by atoms with van der Waals surface area (Å²) < 4.78 is 1.16. The maximum absolute atomic E-state index is 6.11. The fraction of sp³-hybridized carbons (Fsp3) is 0.500. The van der Waals surface area contributed by atoms with E-state index in [0.29, 0.717) is 12.0 Å². The van der Waals surface area contributed by atoms with Crippen LogP contribution in [0.25, 0.3) is 0 Å². The highest BCUT2D eigenvalue weighted by molar-refractivity contribution is 9.10. The summed E-state index contributed by atoms with van der Waals surface area (Å²) in [6, 6.07) is 6.89. The molecule has 1 nitrogen and oxygen atoms in total. The van der Waals surface area contributed by atoms with Crippen LogP contribution in [-0.4, -0.2) is 6.04 Å². The lowest BCUT2D eigenvalue weighted by Crippen LogP contribution is -2.23. The van der Waals surface area contributed by atoms with Gasteiger partial charge in [-0.25, -0.2) is 0 Å². The third-order valence-corrected chi connectivity index (χ3v) is 3.69. The molecule has 1 aromatic rings. The van der Waals surface area contributed by atoms with Crippen LogP contribution in [0.1, 0.15) is 36.3 Å². The molecule has 2 rings (SSSR count). The molecule has 2 heteroatoms. The standard InChI is InChI=1S/C12H16BrN/c1-8-7-9(13)5-6-10(8)11-3-2-4-12(11)14/h5-7,11-12H,2-4,14H2,1H3. The van der Waals surface area contributed by atoms with Crippen molar-refractivity contribution in [3.05, 3.63) is 33.8 Å². The van der Waals surface area contributed by atoms with Crippen molar-refractivity contribution in [3.8, 4) is 0 Å². The smallest absolute Gasteiger partial charge is 0.0178 e. The lowest BCUT2D eigenvalue weighted by Gasteiger charge is -2.18. The topological polar surface area (TPSA) is 26.0 Å². The molecule has 0 aliphatic heterocycles. The molecule has 1 aliphatic carbocycles. The Bertz CT molecular complexity index is 335. The van der Waals surface area contributed by atoms with Crippen LogP contribution in [0, 0.1) is 6.92 Å². The highest BCUT2D eigenvalue weighted by Crippen LogP contribution is 2.35. The Morgan fingerprint density at radius 1 is 1.36 bits per heavy atom. The minimum Gasteiger partial charge on any atom is -0.327 e. The van der Waals surface area contributed by atoms with Gasteiger partial charge in [-0.2, -0.15) is 0 Å². The van der Waals surface area contributed by atoms with Crippen LogP contribution in [-0.2, 0) is 0 Å². The van der Waals surface area contributed by atoms with Gasteiger partial charge in [0.15, 0.2) is 0 Å². The van der Waals surface area contributed by atoms with Crippen LogP contribution < -0.4 is 5.73 Å². The zero-order valence-electron chi connectivity index (χ0n) is 8.46. The third kappa shape index (κ3) is 1.86.